The molecule has 0 radical (unpaired) electrons. The Morgan fingerprint density at radius 3 is 2.82 bits per heavy atom. The van der Waals surface area contributed by atoms with Gasteiger partial charge in [-0.2, -0.15) is 0 Å². The van der Waals surface area contributed by atoms with Crippen LogP contribution in [-0.4, -0.2) is 36.3 Å². The molecule has 1 aromatic carbocycles. The Kier molecular flexibility index (Phi) is 4.89. The van der Waals surface area contributed by atoms with Crippen LogP contribution in [-0.2, 0) is 0 Å². The third kappa shape index (κ3) is 3.73. The number of thioether (sulfide) groups is 1. The van der Waals surface area contributed by atoms with Crippen LogP contribution in [0.15, 0.2) is 29.2 Å². The Labute approximate surface area is 109 Å². The van der Waals surface area contributed by atoms with E-state index in [4.69, 9.17) is 5.73 Å². The lowest BCUT2D eigenvalue weighted by atomic mass is 10.2. The minimum atomic E-state index is 0.633. The van der Waals surface area contributed by atoms with E-state index in [1.165, 1.54) is 42.1 Å². The van der Waals surface area contributed by atoms with Gasteiger partial charge in [0.2, 0.25) is 0 Å². The van der Waals surface area contributed by atoms with Crippen LogP contribution in [0.2, 0.25) is 0 Å². The molecule has 1 unspecified atom stereocenters. The zero-order valence-electron chi connectivity index (χ0n) is 10.6. The van der Waals surface area contributed by atoms with Crippen molar-refractivity contribution in [2.75, 3.05) is 25.4 Å². The van der Waals surface area contributed by atoms with Gasteiger partial charge in [-0.05, 0) is 38.4 Å². The molecule has 3 heteroatoms. The molecule has 1 aromatic rings. The van der Waals surface area contributed by atoms with Gasteiger partial charge < -0.3 is 5.73 Å². The Hall–Kier alpha value is -0.510. The largest absolute Gasteiger partial charge is 0.329 e. The topological polar surface area (TPSA) is 29.3 Å². The smallest absolute Gasteiger partial charge is 0.0219 e. The fourth-order valence-corrected chi connectivity index (χ4v) is 3.26. The van der Waals surface area contributed by atoms with E-state index in [1.807, 2.05) is 11.8 Å². The third-order valence-corrected chi connectivity index (χ3v) is 4.43. The van der Waals surface area contributed by atoms with Gasteiger partial charge in [-0.15, -0.1) is 11.8 Å². The van der Waals surface area contributed by atoms with Crippen LogP contribution in [0.1, 0.15) is 18.4 Å². The van der Waals surface area contributed by atoms with Gasteiger partial charge in [0.15, 0.2) is 0 Å². The van der Waals surface area contributed by atoms with Gasteiger partial charge in [0, 0.05) is 29.8 Å². The van der Waals surface area contributed by atoms with Gasteiger partial charge in [0.25, 0.3) is 0 Å². The molecular formula is C14H22N2S. The maximum atomic E-state index is 5.78. The van der Waals surface area contributed by atoms with E-state index in [0.717, 1.165) is 6.54 Å². The number of nitrogens with zero attached hydrogens (tertiary/aromatic N) is 1. The summed E-state index contributed by atoms with van der Waals surface area (Å²) in [6.45, 7) is 5.34. The summed E-state index contributed by atoms with van der Waals surface area (Å²) in [5, 5.41) is 0. The predicted octanol–water partition coefficient (Wildman–Crippen LogP) is 2.51. The summed E-state index contributed by atoms with van der Waals surface area (Å²) in [5.74, 6) is 1.17. The predicted molar refractivity (Wildman–Crippen MR) is 75.6 cm³/mol. The van der Waals surface area contributed by atoms with Crippen molar-refractivity contribution in [1.29, 1.82) is 0 Å². The van der Waals surface area contributed by atoms with E-state index in [0.29, 0.717) is 6.04 Å². The lowest BCUT2D eigenvalue weighted by Gasteiger charge is -2.22. The highest BCUT2D eigenvalue weighted by atomic mass is 32.2. The van der Waals surface area contributed by atoms with E-state index >= 15 is 0 Å². The fraction of sp³-hybridized carbons (Fsp3) is 0.571. The molecule has 1 atom stereocenters. The Morgan fingerprint density at radius 1 is 1.35 bits per heavy atom. The Morgan fingerprint density at radius 2 is 2.12 bits per heavy atom. The molecule has 0 aliphatic carbocycles. The van der Waals surface area contributed by atoms with Crippen LogP contribution >= 0.6 is 11.8 Å². The SMILES string of the molecule is Cc1ccc(SCCN2CCCC2CN)cc1. The van der Waals surface area contributed by atoms with Crippen molar-refractivity contribution in [3.63, 3.8) is 0 Å². The van der Waals surface area contributed by atoms with Crippen LogP contribution in [0, 0.1) is 6.92 Å². The average molecular weight is 250 g/mol. The maximum Gasteiger partial charge on any atom is 0.0219 e. The van der Waals surface area contributed by atoms with Crippen molar-refractivity contribution in [2.45, 2.75) is 30.7 Å². The summed E-state index contributed by atoms with van der Waals surface area (Å²) in [6, 6.07) is 9.42. The molecule has 1 saturated heterocycles. The Bertz CT molecular complexity index is 337. The van der Waals surface area contributed by atoms with Crippen LogP contribution in [0.4, 0.5) is 0 Å². The molecule has 0 saturated carbocycles. The second-order valence-electron chi connectivity index (χ2n) is 4.73. The quantitative estimate of drug-likeness (QED) is 0.814. The minimum Gasteiger partial charge on any atom is -0.329 e. The standard InChI is InChI=1S/C14H22N2S/c1-12-4-6-14(7-5-12)17-10-9-16-8-2-3-13(16)11-15/h4-7,13H,2-3,8-11,15H2,1H3. The number of nitrogens with two attached hydrogens (primary N) is 1. The maximum absolute atomic E-state index is 5.78. The first-order valence-electron chi connectivity index (χ1n) is 6.43. The summed E-state index contributed by atoms with van der Waals surface area (Å²) in [5.41, 5.74) is 7.11. The van der Waals surface area contributed by atoms with Gasteiger partial charge in [-0.1, -0.05) is 17.7 Å². The summed E-state index contributed by atoms with van der Waals surface area (Å²) in [6.07, 6.45) is 2.60. The highest BCUT2D eigenvalue weighted by molar-refractivity contribution is 7.99. The summed E-state index contributed by atoms with van der Waals surface area (Å²) in [7, 11) is 0. The van der Waals surface area contributed by atoms with Gasteiger partial charge in [0.05, 0.1) is 0 Å². The normalized spacial score (nSPS) is 20.9. The van der Waals surface area contributed by atoms with Crippen molar-refractivity contribution < 1.29 is 0 Å². The first-order valence-corrected chi connectivity index (χ1v) is 7.42. The molecule has 2 nitrogen and oxygen atoms in total. The monoisotopic (exact) mass is 250 g/mol. The van der Waals surface area contributed by atoms with Crippen LogP contribution in [0.3, 0.4) is 0 Å². The zero-order valence-corrected chi connectivity index (χ0v) is 11.4. The number of likely N-dealkylation sites (tertiary alicyclic amines) is 1. The summed E-state index contributed by atoms with van der Waals surface area (Å²) < 4.78 is 0. The molecule has 0 spiro atoms. The molecule has 1 heterocycles. The van der Waals surface area contributed by atoms with E-state index in [1.54, 1.807) is 0 Å². The molecule has 17 heavy (non-hydrogen) atoms. The highest BCUT2D eigenvalue weighted by Crippen LogP contribution is 2.21. The van der Waals surface area contributed by atoms with Crippen molar-refractivity contribution in [3.8, 4) is 0 Å². The van der Waals surface area contributed by atoms with Crippen LogP contribution < -0.4 is 5.73 Å². The second-order valence-corrected chi connectivity index (χ2v) is 5.90. The van der Waals surface area contributed by atoms with Gasteiger partial charge in [0.1, 0.15) is 0 Å². The molecule has 2 N–H and O–H groups in total. The molecule has 0 aromatic heterocycles. The number of aryl methyl sites for hydroxylation is 1. The van der Waals surface area contributed by atoms with Gasteiger partial charge >= 0.3 is 0 Å². The zero-order chi connectivity index (χ0) is 12.1. The minimum absolute atomic E-state index is 0.633. The molecule has 2 rings (SSSR count). The van der Waals surface area contributed by atoms with E-state index in [9.17, 15) is 0 Å². The van der Waals surface area contributed by atoms with Crippen molar-refractivity contribution in [2.24, 2.45) is 5.73 Å². The number of hydrogen-bond acceptors (Lipinski definition) is 3. The van der Waals surface area contributed by atoms with Gasteiger partial charge in [-0.25, -0.2) is 0 Å². The van der Waals surface area contributed by atoms with Gasteiger partial charge in [-0.3, -0.25) is 4.90 Å². The van der Waals surface area contributed by atoms with Crippen LogP contribution in [0.5, 0.6) is 0 Å². The molecule has 0 amide bonds. The molecule has 1 fully saturated rings. The first-order chi connectivity index (χ1) is 8.29. The van der Waals surface area contributed by atoms with E-state index in [2.05, 4.69) is 36.1 Å². The van der Waals surface area contributed by atoms with Crippen molar-refractivity contribution in [1.82, 2.24) is 4.90 Å². The molecule has 0 bridgehead atoms. The lowest BCUT2D eigenvalue weighted by Crippen LogP contribution is -2.36. The number of benzene rings is 1. The summed E-state index contributed by atoms with van der Waals surface area (Å²) >= 11 is 1.95. The summed E-state index contributed by atoms with van der Waals surface area (Å²) in [4.78, 5) is 3.92. The molecule has 1 aliphatic rings. The van der Waals surface area contributed by atoms with Crippen LogP contribution in [0.25, 0.3) is 0 Å². The average Bonchev–Trinajstić information content (AvgIpc) is 2.79. The van der Waals surface area contributed by atoms with E-state index in [-0.39, 0.29) is 0 Å². The van der Waals surface area contributed by atoms with E-state index < -0.39 is 0 Å². The first kappa shape index (κ1) is 12.9. The number of rotatable bonds is 5. The third-order valence-electron chi connectivity index (χ3n) is 3.44. The highest BCUT2D eigenvalue weighted by Gasteiger charge is 2.22. The lowest BCUT2D eigenvalue weighted by molar-refractivity contribution is 0.275. The molecule has 94 valence electrons. The second kappa shape index (κ2) is 6.43. The Balaban J connectivity index is 1.74. The molecular weight excluding hydrogens is 228 g/mol. The molecule has 1 aliphatic heterocycles. The number of hydrogen-bond donors (Lipinski definition) is 1. The fourth-order valence-electron chi connectivity index (χ4n) is 2.37. The van der Waals surface area contributed by atoms with Crippen molar-refractivity contribution >= 4 is 11.8 Å². The van der Waals surface area contributed by atoms with Crippen molar-refractivity contribution in [3.05, 3.63) is 29.8 Å².